The molecule has 0 aromatic heterocycles. The van der Waals surface area contributed by atoms with Gasteiger partial charge in [-0.05, 0) is 36.1 Å². The van der Waals surface area contributed by atoms with Crippen LogP contribution in [0.1, 0.15) is 35.3 Å². The van der Waals surface area contributed by atoms with Crippen LogP contribution in [0.25, 0.3) is 0 Å². The summed E-state index contributed by atoms with van der Waals surface area (Å²) in [5, 5.41) is 8.50. The number of rotatable bonds is 7. The number of nitrogens with one attached hydrogen (secondary N) is 3. The van der Waals surface area contributed by atoms with Gasteiger partial charge in [-0.3, -0.25) is 4.79 Å². The van der Waals surface area contributed by atoms with E-state index in [9.17, 15) is 9.59 Å². The molecule has 0 heterocycles. The zero-order valence-corrected chi connectivity index (χ0v) is 14.8. The molecule has 0 aliphatic carbocycles. The highest BCUT2D eigenvalue weighted by Gasteiger charge is 2.09. The fourth-order valence-corrected chi connectivity index (χ4v) is 2.60. The second-order valence-corrected chi connectivity index (χ2v) is 5.66. The van der Waals surface area contributed by atoms with Crippen LogP contribution in [0.15, 0.2) is 48.5 Å². The number of para-hydroxylation sites is 1. The molecule has 0 saturated carbocycles. The van der Waals surface area contributed by atoms with Crippen LogP contribution < -0.4 is 16.0 Å². The molecule has 5 nitrogen and oxygen atoms in total. The third kappa shape index (κ3) is 5.35. The number of hydrogen-bond donors (Lipinski definition) is 3. The minimum Gasteiger partial charge on any atom is -0.350 e. The van der Waals surface area contributed by atoms with Gasteiger partial charge in [0.25, 0.3) is 5.91 Å². The summed E-state index contributed by atoms with van der Waals surface area (Å²) in [7, 11) is 0. The monoisotopic (exact) mass is 339 g/mol. The standard InChI is InChI=1S/C20H25N3O2/c1-3-15-11-8-12-16(4-2)18(15)23-20(25)22-14-13-21-19(24)17-9-6-5-7-10-17/h5-12H,3-4,13-14H2,1-2H3,(H,21,24)(H2,22,23,25). The lowest BCUT2D eigenvalue weighted by Crippen LogP contribution is -2.37. The Balaban J connectivity index is 1.81. The first-order chi connectivity index (χ1) is 12.2. The zero-order chi connectivity index (χ0) is 18.1. The topological polar surface area (TPSA) is 70.2 Å². The highest BCUT2D eigenvalue weighted by Crippen LogP contribution is 2.22. The van der Waals surface area contributed by atoms with Crippen LogP contribution in [0.2, 0.25) is 0 Å². The Bertz CT molecular complexity index is 692. The number of urea groups is 1. The minimum atomic E-state index is -0.260. The van der Waals surface area contributed by atoms with E-state index < -0.39 is 0 Å². The highest BCUT2D eigenvalue weighted by molar-refractivity contribution is 5.94. The molecular weight excluding hydrogens is 314 g/mol. The third-order valence-electron chi connectivity index (χ3n) is 3.97. The Morgan fingerprint density at radius 3 is 2.00 bits per heavy atom. The largest absolute Gasteiger partial charge is 0.350 e. The quantitative estimate of drug-likeness (QED) is 0.677. The first-order valence-corrected chi connectivity index (χ1v) is 8.64. The third-order valence-corrected chi connectivity index (χ3v) is 3.97. The smallest absolute Gasteiger partial charge is 0.319 e. The number of hydrogen-bond acceptors (Lipinski definition) is 2. The summed E-state index contributed by atoms with van der Waals surface area (Å²) in [4.78, 5) is 24.0. The molecule has 0 spiro atoms. The summed E-state index contributed by atoms with van der Waals surface area (Å²) in [5.41, 5.74) is 3.73. The maximum atomic E-state index is 12.1. The van der Waals surface area contributed by atoms with Crippen LogP contribution in [0.3, 0.4) is 0 Å². The Morgan fingerprint density at radius 1 is 0.800 bits per heavy atom. The SMILES string of the molecule is CCc1cccc(CC)c1NC(=O)NCCNC(=O)c1ccccc1. The molecule has 2 aromatic carbocycles. The van der Waals surface area contributed by atoms with Gasteiger partial charge >= 0.3 is 6.03 Å². The first-order valence-electron chi connectivity index (χ1n) is 8.64. The van der Waals surface area contributed by atoms with E-state index in [-0.39, 0.29) is 11.9 Å². The number of carbonyl (C=O) groups is 2. The number of carbonyl (C=O) groups excluding carboxylic acids is 2. The van der Waals surface area contributed by atoms with E-state index in [0.717, 1.165) is 29.7 Å². The molecular formula is C20H25N3O2. The van der Waals surface area contributed by atoms with Crippen LogP contribution in [-0.4, -0.2) is 25.0 Å². The molecule has 0 atom stereocenters. The second kappa shape index (κ2) is 9.47. The lowest BCUT2D eigenvalue weighted by Gasteiger charge is -2.15. The van der Waals surface area contributed by atoms with Crippen LogP contribution in [-0.2, 0) is 12.8 Å². The molecule has 0 saturated heterocycles. The van der Waals surface area contributed by atoms with Gasteiger partial charge in [-0.25, -0.2) is 4.79 Å². The summed E-state index contributed by atoms with van der Waals surface area (Å²) in [5.74, 6) is -0.146. The summed E-state index contributed by atoms with van der Waals surface area (Å²) in [6.45, 7) is 4.87. The van der Waals surface area contributed by atoms with Crippen LogP contribution >= 0.6 is 0 Å². The summed E-state index contributed by atoms with van der Waals surface area (Å²) >= 11 is 0. The maximum absolute atomic E-state index is 12.1. The van der Waals surface area contributed by atoms with Crippen LogP contribution in [0, 0.1) is 0 Å². The van der Waals surface area contributed by atoms with Crippen molar-refractivity contribution in [3.8, 4) is 0 Å². The van der Waals surface area contributed by atoms with Crippen molar-refractivity contribution in [1.29, 1.82) is 0 Å². The van der Waals surface area contributed by atoms with Crippen molar-refractivity contribution < 1.29 is 9.59 Å². The van der Waals surface area contributed by atoms with Crippen LogP contribution in [0.4, 0.5) is 10.5 Å². The van der Waals surface area contributed by atoms with Crippen molar-refractivity contribution in [1.82, 2.24) is 10.6 Å². The Morgan fingerprint density at radius 2 is 1.40 bits per heavy atom. The van der Waals surface area contributed by atoms with Gasteiger partial charge in [-0.15, -0.1) is 0 Å². The molecule has 25 heavy (non-hydrogen) atoms. The summed E-state index contributed by atoms with van der Waals surface area (Å²) < 4.78 is 0. The molecule has 0 unspecified atom stereocenters. The van der Waals surface area contributed by atoms with E-state index in [4.69, 9.17) is 0 Å². The first kappa shape index (κ1) is 18.5. The molecule has 2 rings (SSSR count). The molecule has 5 heteroatoms. The molecule has 0 aliphatic heterocycles. The van der Waals surface area contributed by atoms with E-state index in [1.54, 1.807) is 12.1 Å². The predicted octanol–water partition coefficient (Wildman–Crippen LogP) is 3.36. The number of benzene rings is 2. The van der Waals surface area contributed by atoms with E-state index in [1.807, 2.05) is 36.4 Å². The molecule has 3 N–H and O–H groups in total. The number of amides is 3. The predicted molar refractivity (Wildman–Crippen MR) is 101 cm³/mol. The van der Waals surface area contributed by atoms with Crippen LogP contribution in [0.5, 0.6) is 0 Å². The van der Waals surface area contributed by atoms with Crippen molar-refractivity contribution in [3.05, 3.63) is 65.2 Å². The summed E-state index contributed by atoms with van der Waals surface area (Å²) in [6.07, 6.45) is 1.72. The lowest BCUT2D eigenvalue weighted by molar-refractivity contribution is 0.0954. The van der Waals surface area contributed by atoms with Gasteiger partial charge in [0.2, 0.25) is 0 Å². The second-order valence-electron chi connectivity index (χ2n) is 5.66. The van der Waals surface area contributed by atoms with Crippen molar-refractivity contribution in [3.63, 3.8) is 0 Å². The van der Waals surface area contributed by atoms with Crippen molar-refractivity contribution in [2.24, 2.45) is 0 Å². The molecule has 0 aliphatic rings. The average Bonchev–Trinajstić information content (AvgIpc) is 2.65. The number of anilines is 1. The summed E-state index contributed by atoms with van der Waals surface area (Å²) in [6, 6.07) is 14.8. The molecule has 0 radical (unpaired) electrons. The van der Waals surface area contributed by atoms with Gasteiger partial charge in [-0.1, -0.05) is 50.2 Å². The average molecular weight is 339 g/mol. The molecule has 0 fully saturated rings. The van der Waals surface area contributed by atoms with E-state index >= 15 is 0 Å². The fraction of sp³-hybridized carbons (Fsp3) is 0.300. The molecule has 0 bridgehead atoms. The zero-order valence-electron chi connectivity index (χ0n) is 14.8. The Labute approximate surface area is 148 Å². The van der Waals surface area contributed by atoms with Crippen molar-refractivity contribution in [2.75, 3.05) is 18.4 Å². The maximum Gasteiger partial charge on any atom is 0.319 e. The van der Waals surface area contributed by atoms with Gasteiger partial charge in [0, 0.05) is 24.3 Å². The van der Waals surface area contributed by atoms with Gasteiger partial charge in [-0.2, -0.15) is 0 Å². The van der Waals surface area contributed by atoms with Gasteiger partial charge in [0.05, 0.1) is 0 Å². The molecule has 132 valence electrons. The van der Waals surface area contributed by atoms with Gasteiger partial charge in [0.1, 0.15) is 0 Å². The van der Waals surface area contributed by atoms with E-state index in [2.05, 4.69) is 29.8 Å². The number of aryl methyl sites for hydroxylation is 2. The molecule has 3 amide bonds. The fourth-order valence-electron chi connectivity index (χ4n) is 2.60. The molecule has 2 aromatic rings. The Kier molecular flexibility index (Phi) is 7.01. The minimum absolute atomic E-state index is 0.146. The highest BCUT2D eigenvalue weighted by atomic mass is 16.2. The van der Waals surface area contributed by atoms with Crippen molar-refractivity contribution >= 4 is 17.6 Å². The van der Waals surface area contributed by atoms with Gasteiger partial charge < -0.3 is 16.0 Å². The van der Waals surface area contributed by atoms with E-state index in [1.165, 1.54) is 0 Å². The van der Waals surface area contributed by atoms with Gasteiger partial charge in [0.15, 0.2) is 0 Å². The Hall–Kier alpha value is -2.82. The van der Waals surface area contributed by atoms with E-state index in [0.29, 0.717) is 18.7 Å². The normalized spacial score (nSPS) is 10.2. The lowest BCUT2D eigenvalue weighted by atomic mass is 10.0. The van der Waals surface area contributed by atoms with Crippen molar-refractivity contribution in [2.45, 2.75) is 26.7 Å².